The van der Waals surface area contributed by atoms with Crippen molar-refractivity contribution >= 4 is 21.6 Å². The highest BCUT2D eigenvalue weighted by Gasteiger charge is 2.58. The van der Waals surface area contributed by atoms with Gasteiger partial charge in [0.15, 0.2) is 0 Å². The number of thiophene rings is 1. The first-order valence-corrected chi connectivity index (χ1v) is 12.4. The van der Waals surface area contributed by atoms with Gasteiger partial charge in [0.25, 0.3) is 5.56 Å². The number of nitrogens with zero attached hydrogens (tertiary/aromatic N) is 2. The third-order valence-electron chi connectivity index (χ3n) is 7.57. The lowest BCUT2D eigenvalue weighted by Gasteiger charge is -2.58. The van der Waals surface area contributed by atoms with Gasteiger partial charge in [-0.05, 0) is 64.0 Å². The number of rotatable bonds is 7. The summed E-state index contributed by atoms with van der Waals surface area (Å²) in [6, 6.07) is 0.552. The zero-order valence-corrected chi connectivity index (χ0v) is 18.6. The number of ether oxygens (including phenoxy) is 1. The molecule has 5 nitrogen and oxygen atoms in total. The second-order valence-corrected chi connectivity index (χ2v) is 10.2. The smallest absolute Gasteiger partial charge is 0.259 e. The molecule has 1 N–H and O–H groups in total. The number of fused-ring (bicyclic) bond motifs is 3. The van der Waals surface area contributed by atoms with Gasteiger partial charge in [0.1, 0.15) is 10.7 Å². The average Bonchev–Trinajstić information content (AvgIpc) is 3.40. The Kier molecular flexibility index (Phi) is 5.29. The number of aromatic amines is 1. The van der Waals surface area contributed by atoms with Crippen molar-refractivity contribution in [2.24, 2.45) is 5.41 Å². The van der Waals surface area contributed by atoms with Gasteiger partial charge in [-0.1, -0.05) is 19.8 Å². The fourth-order valence-corrected chi connectivity index (χ4v) is 7.59. The fraction of sp³-hybridized carbons (Fsp3) is 0.739. The standard InChI is InChI=1S/C23H33N3O2S/c1-3-12-26(17-13-18(28-4-2)23(17)10-5-6-11-23)14-19-24-21(27)20-15-8-7-9-16(15)29-22(20)25-19/h17-18H,3-14H2,1-2H3,(H,24,25,27)/t17-,18+/m1/s1. The van der Waals surface area contributed by atoms with Crippen LogP contribution >= 0.6 is 11.3 Å². The first-order valence-electron chi connectivity index (χ1n) is 11.6. The van der Waals surface area contributed by atoms with Gasteiger partial charge < -0.3 is 9.72 Å². The van der Waals surface area contributed by atoms with E-state index in [-0.39, 0.29) is 5.56 Å². The van der Waals surface area contributed by atoms with Crippen molar-refractivity contribution in [2.75, 3.05) is 13.2 Å². The molecule has 2 atom stereocenters. The van der Waals surface area contributed by atoms with E-state index >= 15 is 0 Å². The molecular weight excluding hydrogens is 382 g/mol. The number of aryl methyl sites for hydroxylation is 2. The Labute approximate surface area is 176 Å². The normalized spacial score (nSPS) is 25.2. The van der Waals surface area contributed by atoms with Crippen molar-refractivity contribution in [3.8, 4) is 0 Å². The van der Waals surface area contributed by atoms with Gasteiger partial charge in [-0.3, -0.25) is 9.69 Å². The number of hydrogen-bond donors (Lipinski definition) is 1. The van der Waals surface area contributed by atoms with Crippen molar-refractivity contribution in [1.29, 1.82) is 0 Å². The Bertz CT molecular complexity index is 943. The van der Waals surface area contributed by atoms with Gasteiger partial charge in [0, 0.05) is 22.9 Å². The third-order valence-corrected chi connectivity index (χ3v) is 8.76. The molecule has 2 fully saturated rings. The first-order chi connectivity index (χ1) is 14.2. The molecule has 29 heavy (non-hydrogen) atoms. The molecule has 0 radical (unpaired) electrons. The SMILES string of the molecule is CCCN(Cc1nc2sc3c(c2c(=O)[nH]1)CCC3)[C@@H]1C[C@H](OCC)C12CCCC2. The molecule has 5 rings (SSSR count). The van der Waals surface area contributed by atoms with E-state index in [1.807, 2.05) is 0 Å². The predicted molar refractivity (Wildman–Crippen MR) is 118 cm³/mol. The monoisotopic (exact) mass is 415 g/mol. The summed E-state index contributed by atoms with van der Waals surface area (Å²) in [7, 11) is 0. The predicted octanol–water partition coefficient (Wildman–Crippen LogP) is 4.42. The summed E-state index contributed by atoms with van der Waals surface area (Å²) < 4.78 is 6.14. The second-order valence-electron chi connectivity index (χ2n) is 9.16. The van der Waals surface area contributed by atoms with Crippen LogP contribution < -0.4 is 5.56 Å². The van der Waals surface area contributed by atoms with E-state index in [0.29, 0.717) is 17.6 Å². The topological polar surface area (TPSA) is 58.2 Å². The third kappa shape index (κ3) is 3.19. The van der Waals surface area contributed by atoms with Gasteiger partial charge in [-0.25, -0.2) is 4.98 Å². The van der Waals surface area contributed by atoms with E-state index in [2.05, 4.69) is 23.7 Å². The Balaban J connectivity index is 1.42. The highest BCUT2D eigenvalue weighted by molar-refractivity contribution is 7.18. The summed E-state index contributed by atoms with van der Waals surface area (Å²) >= 11 is 1.74. The van der Waals surface area contributed by atoms with Crippen LogP contribution in [0.25, 0.3) is 10.2 Å². The van der Waals surface area contributed by atoms with Gasteiger partial charge >= 0.3 is 0 Å². The molecule has 0 aliphatic heterocycles. The average molecular weight is 416 g/mol. The zero-order valence-electron chi connectivity index (χ0n) is 17.8. The molecule has 0 aromatic carbocycles. The second kappa shape index (κ2) is 7.78. The summed E-state index contributed by atoms with van der Waals surface area (Å²) in [5.41, 5.74) is 1.65. The van der Waals surface area contributed by atoms with Crippen LogP contribution in [0.5, 0.6) is 0 Å². The summed E-state index contributed by atoms with van der Waals surface area (Å²) in [5, 5.41) is 0.862. The van der Waals surface area contributed by atoms with Crippen LogP contribution in [-0.2, 0) is 24.1 Å². The Morgan fingerprint density at radius 3 is 2.83 bits per heavy atom. The van der Waals surface area contributed by atoms with E-state index in [1.165, 1.54) is 42.5 Å². The minimum Gasteiger partial charge on any atom is -0.378 e. The maximum Gasteiger partial charge on any atom is 0.259 e. The van der Waals surface area contributed by atoms with E-state index in [4.69, 9.17) is 9.72 Å². The van der Waals surface area contributed by atoms with Crippen LogP contribution in [0.2, 0.25) is 0 Å². The molecule has 3 aliphatic rings. The largest absolute Gasteiger partial charge is 0.378 e. The van der Waals surface area contributed by atoms with Crippen molar-refractivity contribution in [3.63, 3.8) is 0 Å². The molecule has 2 heterocycles. The van der Waals surface area contributed by atoms with Crippen LogP contribution in [0, 0.1) is 5.41 Å². The van der Waals surface area contributed by atoms with Gasteiger partial charge in [-0.15, -0.1) is 11.3 Å². The number of nitrogens with one attached hydrogen (secondary N) is 1. The van der Waals surface area contributed by atoms with E-state index in [1.54, 1.807) is 11.3 Å². The van der Waals surface area contributed by atoms with E-state index in [9.17, 15) is 4.79 Å². The molecule has 0 unspecified atom stereocenters. The summed E-state index contributed by atoms with van der Waals surface area (Å²) in [4.78, 5) is 25.8. The number of hydrogen-bond acceptors (Lipinski definition) is 5. The molecule has 0 amide bonds. The number of H-pyrrole nitrogens is 1. The minimum atomic E-state index is 0.0669. The van der Waals surface area contributed by atoms with Crippen LogP contribution in [0.4, 0.5) is 0 Å². The van der Waals surface area contributed by atoms with E-state index < -0.39 is 0 Å². The van der Waals surface area contributed by atoms with Gasteiger partial charge in [0.05, 0.1) is 18.0 Å². The van der Waals surface area contributed by atoms with Crippen molar-refractivity contribution in [2.45, 2.75) is 90.3 Å². The summed E-state index contributed by atoms with van der Waals surface area (Å²) in [6.45, 7) is 6.96. The quantitative estimate of drug-likeness (QED) is 0.727. The highest BCUT2D eigenvalue weighted by Crippen LogP contribution is 2.56. The molecule has 2 aromatic heterocycles. The number of aromatic nitrogens is 2. The maximum absolute atomic E-state index is 12.9. The molecule has 3 aliphatic carbocycles. The molecule has 1 spiro atoms. The molecule has 2 saturated carbocycles. The summed E-state index contributed by atoms with van der Waals surface area (Å²) in [6.07, 6.45) is 11.2. The van der Waals surface area contributed by atoms with Crippen molar-refractivity contribution in [3.05, 3.63) is 26.6 Å². The molecule has 0 saturated heterocycles. The fourth-order valence-electron chi connectivity index (χ4n) is 6.31. The Morgan fingerprint density at radius 2 is 2.07 bits per heavy atom. The lowest BCUT2D eigenvalue weighted by atomic mass is 9.60. The Morgan fingerprint density at radius 1 is 1.24 bits per heavy atom. The zero-order chi connectivity index (χ0) is 20.0. The molecule has 6 heteroatoms. The van der Waals surface area contributed by atoms with Crippen LogP contribution in [0.15, 0.2) is 4.79 Å². The molecule has 0 bridgehead atoms. The highest BCUT2D eigenvalue weighted by atomic mass is 32.1. The van der Waals surface area contributed by atoms with Crippen molar-refractivity contribution in [1.82, 2.24) is 14.9 Å². The lowest BCUT2D eigenvalue weighted by molar-refractivity contribution is -0.167. The van der Waals surface area contributed by atoms with Crippen LogP contribution in [0.1, 0.15) is 75.1 Å². The first kappa shape index (κ1) is 19.7. The molecular formula is C23H33N3O2S. The van der Waals surface area contributed by atoms with Crippen LogP contribution in [-0.4, -0.2) is 40.2 Å². The Hall–Kier alpha value is -1.24. The van der Waals surface area contributed by atoms with E-state index in [0.717, 1.165) is 61.4 Å². The molecule has 158 valence electrons. The molecule has 2 aromatic rings. The van der Waals surface area contributed by atoms with Gasteiger partial charge in [0.2, 0.25) is 0 Å². The lowest BCUT2D eigenvalue weighted by Crippen LogP contribution is -2.63. The van der Waals surface area contributed by atoms with Gasteiger partial charge in [-0.2, -0.15) is 0 Å². The minimum absolute atomic E-state index is 0.0669. The van der Waals surface area contributed by atoms with Crippen molar-refractivity contribution < 1.29 is 4.74 Å². The summed E-state index contributed by atoms with van der Waals surface area (Å²) in [5.74, 6) is 0.837. The maximum atomic E-state index is 12.9. The van der Waals surface area contributed by atoms with Crippen LogP contribution in [0.3, 0.4) is 0 Å².